The smallest absolute Gasteiger partial charge is 0.128 e. The van der Waals surface area contributed by atoms with Crippen molar-refractivity contribution in [1.82, 2.24) is 4.90 Å². The average molecular weight is 231 g/mol. The number of benzene rings is 1. The van der Waals surface area contributed by atoms with Crippen molar-refractivity contribution in [2.75, 3.05) is 14.1 Å². The minimum atomic E-state index is -0.281. The molecule has 1 aliphatic rings. The minimum absolute atomic E-state index is 0.129. The highest BCUT2D eigenvalue weighted by atomic mass is 16.5. The third-order valence-corrected chi connectivity index (χ3v) is 3.53. The second kappa shape index (κ2) is 4.46. The maximum absolute atomic E-state index is 10.8. The van der Waals surface area contributed by atoms with Gasteiger partial charge in [-0.2, -0.15) is 0 Å². The maximum Gasteiger partial charge on any atom is 0.128 e. The van der Waals surface area contributed by atoms with Crippen LogP contribution in [0.25, 0.3) is 0 Å². The Morgan fingerprint density at radius 1 is 1.35 bits per heavy atom. The van der Waals surface area contributed by atoms with E-state index in [-0.39, 0.29) is 11.6 Å². The fourth-order valence-electron chi connectivity index (χ4n) is 2.03. The molecule has 1 aliphatic carbocycles. The van der Waals surface area contributed by atoms with Gasteiger partial charge in [-0.1, -0.05) is 30.3 Å². The van der Waals surface area contributed by atoms with Gasteiger partial charge in [-0.15, -0.1) is 0 Å². The van der Waals surface area contributed by atoms with E-state index in [0.29, 0.717) is 12.2 Å². The number of ether oxygens (including phenoxy) is 1. The van der Waals surface area contributed by atoms with Crippen LogP contribution in [0.15, 0.2) is 35.9 Å². The summed E-state index contributed by atoms with van der Waals surface area (Å²) in [5, 5.41) is 0. The summed E-state index contributed by atoms with van der Waals surface area (Å²) >= 11 is 0. The first-order valence-corrected chi connectivity index (χ1v) is 5.69. The molecule has 1 aromatic carbocycles. The van der Waals surface area contributed by atoms with E-state index < -0.39 is 0 Å². The van der Waals surface area contributed by atoms with Crippen molar-refractivity contribution < 1.29 is 9.53 Å². The molecule has 0 aromatic heterocycles. The molecule has 0 saturated heterocycles. The van der Waals surface area contributed by atoms with Crippen LogP contribution >= 0.6 is 0 Å². The summed E-state index contributed by atoms with van der Waals surface area (Å²) in [4.78, 5) is 12.8. The van der Waals surface area contributed by atoms with Crippen molar-refractivity contribution in [3.8, 4) is 0 Å². The third-order valence-electron chi connectivity index (χ3n) is 3.53. The van der Waals surface area contributed by atoms with Crippen LogP contribution in [0.5, 0.6) is 0 Å². The first-order valence-electron chi connectivity index (χ1n) is 5.69. The first-order chi connectivity index (χ1) is 8.10. The van der Waals surface area contributed by atoms with Gasteiger partial charge in [0.15, 0.2) is 0 Å². The maximum atomic E-state index is 10.8. The molecule has 0 amide bonds. The van der Waals surface area contributed by atoms with Gasteiger partial charge in [0.25, 0.3) is 0 Å². The zero-order valence-electron chi connectivity index (χ0n) is 10.4. The van der Waals surface area contributed by atoms with Crippen LogP contribution in [0.1, 0.15) is 12.5 Å². The molecule has 1 saturated carbocycles. The Balaban J connectivity index is 2.00. The number of hydrogen-bond donors (Lipinski definition) is 0. The van der Waals surface area contributed by atoms with Gasteiger partial charge in [-0.25, -0.2) is 4.79 Å². The number of carbonyl (C=O) groups excluding carboxylic acids is 1. The fourth-order valence-corrected chi connectivity index (χ4v) is 2.03. The largest absolute Gasteiger partial charge is 0.366 e. The Morgan fingerprint density at radius 2 is 2.00 bits per heavy atom. The lowest BCUT2D eigenvalue weighted by atomic mass is 10.2. The Hall–Kier alpha value is -1.41. The molecule has 0 heterocycles. The lowest BCUT2D eigenvalue weighted by molar-refractivity contribution is 0.0691. The second-order valence-electron chi connectivity index (χ2n) is 4.73. The molecule has 3 nitrogen and oxygen atoms in total. The van der Waals surface area contributed by atoms with Gasteiger partial charge in [0, 0.05) is 0 Å². The number of rotatable bonds is 4. The second-order valence-corrected chi connectivity index (χ2v) is 4.73. The lowest BCUT2D eigenvalue weighted by Gasteiger charge is -2.18. The number of hydrogen-bond acceptors (Lipinski definition) is 3. The molecule has 0 aliphatic heterocycles. The fraction of sp³-hybridized carbons (Fsp3) is 0.429. The van der Waals surface area contributed by atoms with E-state index in [1.165, 1.54) is 0 Å². The molecule has 0 spiro atoms. The molecule has 2 unspecified atom stereocenters. The average Bonchev–Trinajstić information content (AvgIpc) is 2.94. The lowest BCUT2D eigenvalue weighted by Crippen LogP contribution is -2.31. The standard InChI is InChI=1S/C14H17NO2/c1-14(15(2)3)12(9-16)13(14)17-10-11-7-5-4-6-8-11/h4-8,13H,10H2,1-3H3. The molecule has 1 aromatic rings. The highest BCUT2D eigenvalue weighted by molar-refractivity contribution is 5.69. The van der Waals surface area contributed by atoms with Crippen molar-refractivity contribution in [3.63, 3.8) is 0 Å². The summed E-state index contributed by atoms with van der Waals surface area (Å²) < 4.78 is 5.78. The van der Waals surface area contributed by atoms with Crippen molar-refractivity contribution >= 4 is 5.94 Å². The molecule has 3 heteroatoms. The Morgan fingerprint density at radius 3 is 2.47 bits per heavy atom. The predicted molar refractivity (Wildman–Crippen MR) is 66.3 cm³/mol. The van der Waals surface area contributed by atoms with E-state index >= 15 is 0 Å². The van der Waals surface area contributed by atoms with Crippen LogP contribution in [0.2, 0.25) is 0 Å². The molecule has 0 radical (unpaired) electrons. The summed E-state index contributed by atoms with van der Waals surface area (Å²) in [6.45, 7) is 2.53. The van der Waals surface area contributed by atoms with Gasteiger partial charge < -0.3 is 4.74 Å². The molecule has 90 valence electrons. The van der Waals surface area contributed by atoms with Gasteiger partial charge in [-0.3, -0.25) is 4.90 Å². The molecular formula is C14H17NO2. The summed E-state index contributed by atoms with van der Waals surface area (Å²) in [6.07, 6.45) is -0.129. The van der Waals surface area contributed by atoms with E-state index in [4.69, 9.17) is 4.74 Å². The molecule has 2 rings (SSSR count). The SMILES string of the molecule is CN(C)C1(C)C(=C=O)C1OCc1ccccc1. The van der Waals surface area contributed by atoms with Crippen LogP contribution in [0.3, 0.4) is 0 Å². The van der Waals surface area contributed by atoms with Crippen molar-refractivity contribution in [3.05, 3.63) is 41.5 Å². The van der Waals surface area contributed by atoms with E-state index in [1.807, 2.05) is 62.2 Å². The van der Waals surface area contributed by atoms with Crippen LogP contribution < -0.4 is 0 Å². The predicted octanol–water partition coefficient (Wildman–Crippen LogP) is 1.66. The highest BCUT2D eigenvalue weighted by Crippen LogP contribution is 2.47. The molecule has 0 bridgehead atoms. The van der Waals surface area contributed by atoms with E-state index in [0.717, 1.165) is 5.56 Å². The Bertz CT molecular complexity index is 449. The number of likely N-dealkylation sites (N-methyl/N-ethyl adjacent to an activating group) is 1. The van der Waals surface area contributed by atoms with Gasteiger partial charge in [-0.05, 0) is 26.6 Å². The monoisotopic (exact) mass is 231 g/mol. The highest BCUT2D eigenvalue weighted by Gasteiger charge is 2.61. The van der Waals surface area contributed by atoms with Crippen molar-refractivity contribution in [1.29, 1.82) is 0 Å². The van der Waals surface area contributed by atoms with Gasteiger partial charge in [0.2, 0.25) is 0 Å². The molecule has 1 fully saturated rings. The van der Waals surface area contributed by atoms with Crippen LogP contribution in [-0.4, -0.2) is 36.6 Å². The zero-order chi connectivity index (χ0) is 12.5. The normalized spacial score (nSPS) is 27.1. The van der Waals surface area contributed by atoms with Crippen LogP contribution in [0.4, 0.5) is 0 Å². The molecule has 2 atom stereocenters. The summed E-state index contributed by atoms with van der Waals surface area (Å²) in [5.41, 5.74) is 1.54. The third kappa shape index (κ3) is 2.05. The van der Waals surface area contributed by atoms with Gasteiger partial charge in [0.05, 0.1) is 17.7 Å². The van der Waals surface area contributed by atoms with Gasteiger partial charge in [0.1, 0.15) is 12.0 Å². The number of nitrogens with zero attached hydrogens (tertiary/aromatic N) is 1. The zero-order valence-corrected chi connectivity index (χ0v) is 10.4. The van der Waals surface area contributed by atoms with Crippen LogP contribution in [0, 0.1) is 0 Å². The van der Waals surface area contributed by atoms with Crippen molar-refractivity contribution in [2.45, 2.75) is 25.2 Å². The van der Waals surface area contributed by atoms with E-state index in [1.54, 1.807) is 0 Å². The van der Waals surface area contributed by atoms with E-state index in [9.17, 15) is 4.79 Å². The quantitative estimate of drug-likeness (QED) is 0.738. The van der Waals surface area contributed by atoms with Crippen molar-refractivity contribution in [2.24, 2.45) is 0 Å². The summed E-state index contributed by atoms with van der Waals surface area (Å²) in [5.74, 6) is 2.00. The summed E-state index contributed by atoms with van der Waals surface area (Å²) in [6, 6.07) is 9.96. The molecule has 0 N–H and O–H groups in total. The molecule has 17 heavy (non-hydrogen) atoms. The Kier molecular flexibility index (Phi) is 3.16. The Labute approximate surface area is 102 Å². The summed E-state index contributed by atoms with van der Waals surface area (Å²) in [7, 11) is 3.90. The van der Waals surface area contributed by atoms with Gasteiger partial charge >= 0.3 is 0 Å². The van der Waals surface area contributed by atoms with E-state index in [2.05, 4.69) is 0 Å². The minimum Gasteiger partial charge on any atom is -0.366 e. The molecular weight excluding hydrogens is 214 g/mol. The first kappa shape index (κ1) is 12.1. The topological polar surface area (TPSA) is 29.5 Å². The van der Waals surface area contributed by atoms with Crippen LogP contribution in [-0.2, 0) is 16.1 Å².